The van der Waals surface area contributed by atoms with Gasteiger partial charge in [0.1, 0.15) is 4.90 Å². The van der Waals surface area contributed by atoms with Crippen LogP contribution in [0.25, 0.3) is 0 Å². The molecule has 1 unspecified atom stereocenters. The number of halogens is 4. The second-order valence-corrected chi connectivity index (χ2v) is 7.30. The zero-order chi connectivity index (χ0) is 14.0. The minimum absolute atomic E-state index is 0. The van der Waals surface area contributed by atoms with Crippen LogP contribution in [0.1, 0.15) is 12.8 Å². The summed E-state index contributed by atoms with van der Waals surface area (Å²) in [4.78, 5) is -0.127. The lowest BCUT2D eigenvalue weighted by molar-refractivity contribution is 0.552. The first kappa shape index (κ1) is 18.3. The van der Waals surface area contributed by atoms with Crippen LogP contribution in [0.4, 0.5) is 0 Å². The standard InChI is InChI=1S/C11H13Cl3N2O2S.ClH/c12-7-4-9(13)11(10(14)5-7)19(17,18)16-6-8-2-1-3-15-8;/h4-5,8,15-16H,1-3,6H2;1H. The third-order valence-electron chi connectivity index (χ3n) is 2.91. The van der Waals surface area contributed by atoms with Gasteiger partial charge in [-0.3, -0.25) is 0 Å². The molecule has 1 aromatic carbocycles. The van der Waals surface area contributed by atoms with Gasteiger partial charge < -0.3 is 5.32 Å². The molecular formula is C11H14Cl4N2O2S. The van der Waals surface area contributed by atoms with E-state index in [1.165, 1.54) is 12.1 Å². The Hall–Kier alpha value is 0.250. The number of rotatable bonds is 4. The topological polar surface area (TPSA) is 58.2 Å². The molecule has 0 amide bonds. The predicted molar refractivity (Wildman–Crippen MR) is 84.9 cm³/mol. The lowest BCUT2D eigenvalue weighted by Crippen LogP contribution is -2.37. The Balaban J connectivity index is 0.00000200. The van der Waals surface area contributed by atoms with E-state index < -0.39 is 10.0 Å². The van der Waals surface area contributed by atoms with Crippen molar-refractivity contribution in [1.29, 1.82) is 0 Å². The van der Waals surface area contributed by atoms with Crippen LogP contribution in [0, 0.1) is 0 Å². The molecule has 1 aromatic rings. The maximum absolute atomic E-state index is 12.2. The van der Waals surface area contributed by atoms with E-state index in [1.54, 1.807) is 0 Å². The molecule has 0 aromatic heterocycles. The van der Waals surface area contributed by atoms with Crippen molar-refractivity contribution in [3.8, 4) is 0 Å². The first-order valence-corrected chi connectivity index (χ1v) is 8.39. The lowest BCUT2D eigenvalue weighted by atomic mass is 10.2. The predicted octanol–water partition coefficient (Wildman–Crippen LogP) is 3.10. The van der Waals surface area contributed by atoms with Gasteiger partial charge in [-0.1, -0.05) is 34.8 Å². The molecule has 1 saturated heterocycles. The molecule has 0 saturated carbocycles. The molecule has 1 heterocycles. The second-order valence-electron chi connectivity index (χ2n) is 4.34. The number of sulfonamides is 1. The zero-order valence-corrected chi connectivity index (χ0v) is 14.2. The third-order valence-corrected chi connectivity index (χ3v) is 5.48. The Bertz CT molecular complexity index is 551. The summed E-state index contributed by atoms with van der Waals surface area (Å²) in [6.45, 7) is 1.23. The molecule has 0 radical (unpaired) electrons. The van der Waals surface area contributed by atoms with Crippen molar-refractivity contribution >= 4 is 57.2 Å². The summed E-state index contributed by atoms with van der Waals surface area (Å²) in [5, 5.41) is 3.54. The summed E-state index contributed by atoms with van der Waals surface area (Å²) in [5.74, 6) is 0. The van der Waals surface area contributed by atoms with Crippen LogP contribution in [0.15, 0.2) is 17.0 Å². The molecule has 2 rings (SSSR count). The SMILES string of the molecule is Cl.O=S(=O)(NCC1CCCN1)c1c(Cl)cc(Cl)cc1Cl. The summed E-state index contributed by atoms with van der Waals surface area (Å²) in [7, 11) is -3.74. The van der Waals surface area contributed by atoms with E-state index in [1.807, 2.05) is 0 Å². The molecule has 9 heteroatoms. The van der Waals surface area contributed by atoms with Gasteiger partial charge in [0.2, 0.25) is 10.0 Å². The second kappa shape index (κ2) is 7.49. The van der Waals surface area contributed by atoms with E-state index in [0.29, 0.717) is 11.6 Å². The van der Waals surface area contributed by atoms with E-state index in [4.69, 9.17) is 34.8 Å². The lowest BCUT2D eigenvalue weighted by Gasteiger charge is -2.14. The first-order valence-electron chi connectivity index (χ1n) is 5.78. The van der Waals surface area contributed by atoms with Gasteiger partial charge in [0.15, 0.2) is 0 Å². The fraction of sp³-hybridized carbons (Fsp3) is 0.455. The van der Waals surface area contributed by atoms with Crippen molar-refractivity contribution in [3.63, 3.8) is 0 Å². The molecular weight excluding hydrogens is 366 g/mol. The highest BCUT2D eigenvalue weighted by atomic mass is 35.5. The number of benzene rings is 1. The Morgan fingerprint density at radius 2 is 1.85 bits per heavy atom. The molecule has 20 heavy (non-hydrogen) atoms. The molecule has 1 aliphatic rings. The summed E-state index contributed by atoms with van der Waals surface area (Å²) in [6.07, 6.45) is 2.00. The Morgan fingerprint density at radius 1 is 1.25 bits per heavy atom. The van der Waals surface area contributed by atoms with E-state index in [9.17, 15) is 8.42 Å². The highest BCUT2D eigenvalue weighted by Gasteiger charge is 2.24. The van der Waals surface area contributed by atoms with Crippen molar-refractivity contribution in [3.05, 3.63) is 27.2 Å². The fourth-order valence-electron chi connectivity index (χ4n) is 2.00. The van der Waals surface area contributed by atoms with Crippen molar-refractivity contribution in [1.82, 2.24) is 10.0 Å². The maximum Gasteiger partial charge on any atom is 0.243 e. The molecule has 1 atom stereocenters. The largest absolute Gasteiger partial charge is 0.313 e. The highest BCUT2D eigenvalue weighted by molar-refractivity contribution is 7.89. The van der Waals surface area contributed by atoms with Crippen molar-refractivity contribution in [2.75, 3.05) is 13.1 Å². The normalized spacial score (nSPS) is 18.9. The van der Waals surface area contributed by atoms with Gasteiger partial charge in [-0.15, -0.1) is 12.4 Å². The average molecular weight is 380 g/mol. The molecule has 1 aliphatic heterocycles. The van der Waals surface area contributed by atoms with E-state index in [-0.39, 0.29) is 33.4 Å². The van der Waals surface area contributed by atoms with Gasteiger partial charge in [-0.05, 0) is 31.5 Å². The van der Waals surface area contributed by atoms with Gasteiger partial charge in [-0.25, -0.2) is 13.1 Å². The summed E-state index contributed by atoms with van der Waals surface area (Å²) >= 11 is 17.6. The number of hydrogen-bond donors (Lipinski definition) is 2. The van der Waals surface area contributed by atoms with Crippen LogP contribution < -0.4 is 10.0 Å². The average Bonchev–Trinajstić information content (AvgIpc) is 2.77. The van der Waals surface area contributed by atoms with Gasteiger partial charge >= 0.3 is 0 Å². The van der Waals surface area contributed by atoms with E-state index in [0.717, 1.165) is 19.4 Å². The molecule has 2 N–H and O–H groups in total. The highest BCUT2D eigenvalue weighted by Crippen LogP contribution is 2.32. The van der Waals surface area contributed by atoms with Crippen molar-refractivity contribution < 1.29 is 8.42 Å². The summed E-state index contributed by atoms with van der Waals surface area (Å²) in [5.41, 5.74) is 0. The Kier molecular flexibility index (Phi) is 6.86. The van der Waals surface area contributed by atoms with Crippen LogP contribution in [-0.4, -0.2) is 27.5 Å². The van der Waals surface area contributed by atoms with Crippen LogP contribution in [0.2, 0.25) is 15.1 Å². The Morgan fingerprint density at radius 3 is 2.35 bits per heavy atom. The smallest absolute Gasteiger partial charge is 0.243 e. The van der Waals surface area contributed by atoms with E-state index >= 15 is 0 Å². The number of nitrogens with one attached hydrogen (secondary N) is 2. The maximum atomic E-state index is 12.2. The minimum atomic E-state index is -3.74. The van der Waals surface area contributed by atoms with Gasteiger partial charge in [0.05, 0.1) is 10.0 Å². The first-order chi connectivity index (χ1) is 8.90. The summed E-state index contributed by atoms with van der Waals surface area (Å²) in [6, 6.07) is 2.87. The van der Waals surface area contributed by atoms with Crippen molar-refractivity contribution in [2.24, 2.45) is 0 Å². The van der Waals surface area contributed by atoms with Crippen LogP contribution in [0.5, 0.6) is 0 Å². The fourth-order valence-corrected chi connectivity index (χ4v) is 4.62. The monoisotopic (exact) mass is 378 g/mol. The number of hydrogen-bond acceptors (Lipinski definition) is 3. The van der Waals surface area contributed by atoms with Crippen LogP contribution in [-0.2, 0) is 10.0 Å². The molecule has 1 fully saturated rings. The summed E-state index contributed by atoms with van der Waals surface area (Å²) < 4.78 is 26.9. The van der Waals surface area contributed by atoms with Crippen LogP contribution >= 0.6 is 47.2 Å². The quantitative estimate of drug-likeness (QED) is 0.844. The molecule has 114 valence electrons. The third kappa shape index (κ3) is 4.37. The van der Waals surface area contributed by atoms with E-state index in [2.05, 4.69) is 10.0 Å². The minimum Gasteiger partial charge on any atom is -0.313 e. The zero-order valence-electron chi connectivity index (χ0n) is 10.3. The Labute approximate surface area is 139 Å². The van der Waals surface area contributed by atoms with Gasteiger partial charge in [0.25, 0.3) is 0 Å². The molecule has 0 bridgehead atoms. The van der Waals surface area contributed by atoms with Crippen LogP contribution in [0.3, 0.4) is 0 Å². The van der Waals surface area contributed by atoms with Crippen molar-refractivity contribution in [2.45, 2.75) is 23.8 Å². The molecule has 0 aliphatic carbocycles. The van der Waals surface area contributed by atoms with Gasteiger partial charge in [0, 0.05) is 17.6 Å². The van der Waals surface area contributed by atoms with Gasteiger partial charge in [-0.2, -0.15) is 0 Å². The molecule has 4 nitrogen and oxygen atoms in total. The molecule has 0 spiro atoms.